The van der Waals surface area contributed by atoms with Crippen LogP contribution in [0.2, 0.25) is 0 Å². The summed E-state index contributed by atoms with van der Waals surface area (Å²) in [6, 6.07) is 7.89. The van der Waals surface area contributed by atoms with Gasteiger partial charge < -0.3 is 15.5 Å². The fourth-order valence-electron chi connectivity index (χ4n) is 5.18. The molecular formula is C23H24F5N5O. The summed E-state index contributed by atoms with van der Waals surface area (Å²) < 4.78 is 70.9. The van der Waals surface area contributed by atoms with Gasteiger partial charge in [-0.3, -0.25) is 4.90 Å². The lowest BCUT2D eigenvalue weighted by atomic mass is 9.85. The van der Waals surface area contributed by atoms with Crippen molar-refractivity contribution in [1.29, 1.82) is 0 Å². The molecular weight excluding hydrogens is 457 g/mol. The number of anilines is 1. The van der Waals surface area contributed by atoms with Crippen molar-refractivity contribution in [2.24, 2.45) is 11.8 Å². The van der Waals surface area contributed by atoms with Crippen molar-refractivity contribution in [3.63, 3.8) is 0 Å². The van der Waals surface area contributed by atoms with E-state index in [4.69, 9.17) is 10.5 Å². The van der Waals surface area contributed by atoms with Crippen LogP contribution in [0.3, 0.4) is 0 Å². The van der Waals surface area contributed by atoms with E-state index in [1.54, 1.807) is 12.1 Å². The number of hydrogen-bond donors (Lipinski definition) is 2. The Bertz CT molecular complexity index is 1170. The minimum Gasteiger partial charge on any atom is -0.383 e. The molecule has 2 aromatic heterocycles. The molecule has 2 unspecified atom stereocenters. The molecule has 1 aromatic carbocycles. The van der Waals surface area contributed by atoms with Gasteiger partial charge in [-0.25, -0.2) is 18.7 Å². The van der Waals surface area contributed by atoms with Gasteiger partial charge in [0.05, 0.1) is 18.6 Å². The van der Waals surface area contributed by atoms with Crippen molar-refractivity contribution in [3.05, 3.63) is 53.5 Å². The maximum atomic E-state index is 14.3. The van der Waals surface area contributed by atoms with Gasteiger partial charge in [-0.1, -0.05) is 24.3 Å². The fraction of sp³-hybridized carbons (Fsp3) is 0.478. The van der Waals surface area contributed by atoms with Crippen molar-refractivity contribution in [1.82, 2.24) is 19.9 Å². The Hall–Kier alpha value is -2.79. The smallest absolute Gasteiger partial charge is 0.383 e. The summed E-state index contributed by atoms with van der Waals surface area (Å²) in [6.45, 7) is 3.46. The lowest BCUT2D eigenvalue weighted by Crippen LogP contribution is -2.43. The van der Waals surface area contributed by atoms with Gasteiger partial charge in [-0.2, -0.15) is 13.2 Å². The Kier molecular flexibility index (Phi) is 5.71. The maximum absolute atomic E-state index is 14.3. The molecule has 0 radical (unpaired) electrons. The highest BCUT2D eigenvalue weighted by Crippen LogP contribution is 2.43. The minimum absolute atomic E-state index is 0.0227. The van der Waals surface area contributed by atoms with Crippen molar-refractivity contribution < 1.29 is 26.7 Å². The second-order valence-electron chi connectivity index (χ2n) is 9.14. The van der Waals surface area contributed by atoms with E-state index in [-0.39, 0.29) is 34.9 Å². The summed E-state index contributed by atoms with van der Waals surface area (Å²) in [4.78, 5) is 11.6. The van der Waals surface area contributed by atoms with E-state index >= 15 is 0 Å². The second kappa shape index (κ2) is 8.46. The molecule has 3 aromatic rings. The van der Waals surface area contributed by atoms with Crippen molar-refractivity contribution >= 4 is 16.9 Å². The maximum Gasteiger partial charge on any atom is 0.431 e. The van der Waals surface area contributed by atoms with E-state index in [9.17, 15) is 22.0 Å². The fourth-order valence-corrected chi connectivity index (χ4v) is 5.18. The minimum atomic E-state index is -4.42. The van der Waals surface area contributed by atoms with Gasteiger partial charge in [0.15, 0.2) is 0 Å². The second-order valence-corrected chi connectivity index (χ2v) is 9.14. The number of fused-ring (bicyclic) bond motifs is 3. The third-order valence-corrected chi connectivity index (χ3v) is 6.91. The van der Waals surface area contributed by atoms with Gasteiger partial charge in [-0.05, 0) is 18.1 Å². The number of aromatic nitrogens is 3. The first kappa shape index (κ1) is 23.0. The van der Waals surface area contributed by atoms with Crippen LogP contribution in [0, 0.1) is 11.8 Å². The van der Waals surface area contributed by atoms with Crippen LogP contribution in [0.4, 0.5) is 27.8 Å². The zero-order chi connectivity index (χ0) is 24.1. The molecule has 0 bridgehead atoms. The number of alkyl halides is 5. The van der Waals surface area contributed by atoms with Crippen LogP contribution >= 0.6 is 0 Å². The molecule has 2 fully saturated rings. The molecule has 0 amide bonds. The molecule has 3 atom stereocenters. The molecule has 182 valence electrons. The van der Waals surface area contributed by atoms with Crippen molar-refractivity contribution in [2.75, 3.05) is 32.0 Å². The van der Waals surface area contributed by atoms with Gasteiger partial charge in [0, 0.05) is 43.0 Å². The van der Waals surface area contributed by atoms with Gasteiger partial charge in [0.1, 0.15) is 23.5 Å². The van der Waals surface area contributed by atoms with Gasteiger partial charge >= 0.3 is 6.18 Å². The normalized spacial score (nSPS) is 26.1. The molecule has 34 heavy (non-hydrogen) atoms. The summed E-state index contributed by atoms with van der Waals surface area (Å²) in [5.41, 5.74) is 5.64. The molecule has 3 aliphatic rings. The highest BCUT2D eigenvalue weighted by molar-refractivity contribution is 5.86. The summed E-state index contributed by atoms with van der Waals surface area (Å²) >= 11 is 0. The van der Waals surface area contributed by atoms with Crippen LogP contribution in [-0.2, 0) is 23.3 Å². The number of halogens is 5. The average Bonchev–Trinajstić information content (AvgIpc) is 3.48. The van der Waals surface area contributed by atoms with E-state index in [2.05, 4.69) is 19.9 Å². The third kappa shape index (κ3) is 4.34. The van der Waals surface area contributed by atoms with Crippen LogP contribution in [-0.4, -0.2) is 52.2 Å². The van der Waals surface area contributed by atoms with E-state index in [0.717, 1.165) is 50.7 Å². The summed E-state index contributed by atoms with van der Waals surface area (Å²) in [5, 5.41) is 0.180. The molecule has 6 rings (SSSR count). The van der Waals surface area contributed by atoms with E-state index in [1.807, 2.05) is 12.1 Å². The number of hydrogen-bond acceptors (Lipinski definition) is 5. The third-order valence-electron chi connectivity index (χ3n) is 6.91. The first-order valence-electron chi connectivity index (χ1n) is 11.1. The zero-order valence-electron chi connectivity index (χ0n) is 18.2. The zero-order valence-corrected chi connectivity index (χ0v) is 18.2. The number of aromatic amines is 1. The molecule has 0 saturated carbocycles. The lowest BCUT2D eigenvalue weighted by Gasteiger charge is -2.37. The van der Waals surface area contributed by atoms with E-state index in [0.29, 0.717) is 11.8 Å². The number of nitrogen functional groups attached to an aromatic ring is 1. The molecule has 2 saturated heterocycles. The van der Waals surface area contributed by atoms with Crippen LogP contribution in [0.5, 0.6) is 0 Å². The summed E-state index contributed by atoms with van der Waals surface area (Å²) in [6.07, 6.45) is -2.60. The predicted octanol–water partition coefficient (Wildman–Crippen LogP) is 4.23. The molecule has 6 nitrogen and oxygen atoms in total. The van der Waals surface area contributed by atoms with Crippen LogP contribution < -0.4 is 5.73 Å². The number of nitrogens with one attached hydrogen (secondary N) is 1. The Balaban J connectivity index is 0.000000152. The number of benzene rings is 1. The molecule has 11 heteroatoms. The number of H-pyrrole nitrogens is 1. The van der Waals surface area contributed by atoms with Crippen molar-refractivity contribution in [3.8, 4) is 0 Å². The molecule has 3 N–H and O–H groups in total. The van der Waals surface area contributed by atoms with Crippen LogP contribution in [0.1, 0.15) is 23.2 Å². The largest absolute Gasteiger partial charge is 0.431 e. The Labute approximate surface area is 192 Å². The Morgan fingerprint density at radius 3 is 2.47 bits per heavy atom. The lowest BCUT2D eigenvalue weighted by molar-refractivity contribution is -0.140. The predicted molar refractivity (Wildman–Crippen MR) is 115 cm³/mol. The number of ether oxygens (including phenoxy) is 1. The Morgan fingerprint density at radius 2 is 1.79 bits per heavy atom. The van der Waals surface area contributed by atoms with Crippen LogP contribution in [0.25, 0.3) is 11.0 Å². The first-order chi connectivity index (χ1) is 16.1. The van der Waals surface area contributed by atoms with Gasteiger partial charge in [-0.15, -0.1) is 0 Å². The highest BCUT2D eigenvalue weighted by Gasteiger charge is 2.46. The molecule has 1 aliphatic carbocycles. The van der Waals surface area contributed by atoms with E-state index in [1.165, 1.54) is 0 Å². The molecule has 2 aliphatic heterocycles. The van der Waals surface area contributed by atoms with Crippen LogP contribution in [0.15, 0.2) is 36.7 Å². The average molecular weight is 481 g/mol. The summed E-state index contributed by atoms with van der Waals surface area (Å²) in [5.74, 6) is -1.54. The monoisotopic (exact) mass is 481 g/mol. The number of rotatable bonds is 1. The quantitative estimate of drug-likeness (QED) is 0.509. The number of likely N-dealkylation sites (tertiary alicyclic amines) is 1. The first-order valence-corrected chi connectivity index (χ1v) is 11.1. The van der Waals surface area contributed by atoms with Gasteiger partial charge in [0.2, 0.25) is 0 Å². The number of nitrogens with two attached hydrogens (primary N) is 1. The highest BCUT2D eigenvalue weighted by atomic mass is 19.4. The summed E-state index contributed by atoms with van der Waals surface area (Å²) in [7, 11) is 0. The molecule has 4 heterocycles. The molecule has 0 spiro atoms. The SMILES string of the molecule is FC1(F)CC(N2CC3COC[C@@H]3C2)Cc2ccccc21.Nc1ncnc2[nH]c(C(F)(F)F)cc12. The Morgan fingerprint density at radius 1 is 1.09 bits per heavy atom. The topological polar surface area (TPSA) is 80.1 Å². The van der Waals surface area contributed by atoms with E-state index < -0.39 is 17.8 Å². The van der Waals surface area contributed by atoms with Gasteiger partial charge in [0.25, 0.3) is 5.92 Å². The van der Waals surface area contributed by atoms with Crippen molar-refractivity contribution in [2.45, 2.75) is 31.0 Å². The number of nitrogens with zero attached hydrogens (tertiary/aromatic N) is 3. The standard InChI is InChI=1S/C16H19F2NO.C7H5F3N4/c17-16(18)6-14(5-11-3-1-2-4-15(11)16)19-7-12-9-20-10-13(12)8-19;8-7(9,10)4-1-3-5(11)12-2-13-6(3)14-4/h1-4,12-14H,5-10H2;1-2H,(H3,11,12,13,14)/t12-,13?,14?;/m0./s1.